The molecule has 0 radical (unpaired) electrons. The fraction of sp³-hybridized carbons (Fsp3) is 0.857. The van der Waals surface area contributed by atoms with Crippen LogP contribution in [-0.4, -0.2) is 45.7 Å². The standard InChI is InChI=1S/C14H21F2NO4/c15-14(16)4-1-9(2-5-14)7-11-8-10(12(18)19)3-6-17(11)13(20)21/h9-11H,1-8H2,(H,18,19)(H,20,21). The van der Waals surface area contributed by atoms with Gasteiger partial charge in [-0.05, 0) is 38.0 Å². The molecule has 0 aromatic carbocycles. The van der Waals surface area contributed by atoms with Crippen molar-refractivity contribution >= 4 is 12.1 Å². The summed E-state index contributed by atoms with van der Waals surface area (Å²) >= 11 is 0. The smallest absolute Gasteiger partial charge is 0.407 e. The fourth-order valence-corrected chi connectivity index (χ4v) is 3.47. The SMILES string of the molecule is O=C(O)C1CCN(C(=O)O)C(CC2CCC(F)(F)CC2)C1. The lowest BCUT2D eigenvalue weighted by atomic mass is 9.79. The second kappa shape index (κ2) is 6.15. The topological polar surface area (TPSA) is 77.8 Å². The number of nitrogens with zero attached hydrogens (tertiary/aromatic N) is 1. The fourth-order valence-electron chi connectivity index (χ4n) is 3.47. The third-order valence-electron chi connectivity index (χ3n) is 4.75. The van der Waals surface area contributed by atoms with Crippen molar-refractivity contribution in [1.82, 2.24) is 4.90 Å². The van der Waals surface area contributed by atoms with Crippen molar-refractivity contribution in [3.8, 4) is 0 Å². The molecule has 1 saturated heterocycles. The highest BCUT2D eigenvalue weighted by Crippen LogP contribution is 2.39. The molecule has 21 heavy (non-hydrogen) atoms. The van der Waals surface area contributed by atoms with Crippen LogP contribution in [0.15, 0.2) is 0 Å². The van der Waals surface area contributed by atoms with Gasteiger partial charge in [0.2, 0.25) is 5.92 Å². The van der Waals surface area contributed by atoms with Crippen molar-refractivity contribution in [1.29, 1.82) is 0 Å². The first kappa shape index (κ1) is 16.0. The Balaban J connectivity index is 1.96. The molecule has 0 bridgehead atoms. The Kier molecular flexibility index (Phi) is 4.68. The van der Waals surface area contributed by atoms with Gasteiger partial charge >= 0.3 is 12.1 Å². The average Bonchev–Trinajstić information content (AvgIpc) is 2.40. The van der Waals surface area contributed by atoms with Crippen LogP contribution in [-0.2, 0) is 4.79 Å². The molecular weight excluding hydrogens is 284 g/mol. The largest absolute Gasteiger partial charge is 0.481 e. The van der Waals surface area contributed by atoms with Gasteiger partial charge in [0.15, 0.2) is 0 Å². The maximum atomic E-state index is 13.1. The molecule has 7 heteroatoms. The zero-order valence-corrected chi connectivity index (χ0v) is 11.8. The number of hydrogen-bond acceptors (Lipinski definition) is 2. The first-order valence-corrected chi connectivity index (χ1v) is 7.38. The van der Waals surface area contributed by atoms with Gasteiger partial charge in [-0.3, -0.25) is 4.79 Å². The minimum Gasteiger partial charge on any atom is -0.481 e. The van der Waals surface area contributed by atoms with Crippen LogP contribution in [0.1, 0.15) is 44.9 Å². The number of likely N-dealkylation sites (tertiary alicyclic amines) is 1. The van der Waals surface area contributed by atoms with E-state index in [1.807, 2.05) is 0 Å². The van der Waals surface area contributed by atoms with Crippen molar-refractivity contribution in [2.24, 2.45) is 11.8 Å². The molecule has 2 fully saturated rings. The van der Waals surface area contributed by atoms with Crippen molar-refractivity contribution in [3.05, 3.63) is 0 Å². The molecule has 0 aromatic rings. The molecule has 0 spiro atoms. The summed E-state index contributed by atoms with van der Waals surface area (Å²) in [6.45, 7) is 0.208. The van der Waals surface area contributed by atoms with Crippen LogP contribution >= 0.6 is 0 Å². The van der Waals surface area contributed by atoms with Gasteiger partial charge < -0.3 is 15.1 Å². The molecule has 2 rings (SSSR count). The predicted octanol–water partition coefficient (Wildman–Crippen LogP) is 3.05. The molecule has 120 valence electrons. The number of halogens is 2. The van der Waals surface area contributed by atoms with Gasteiger partial charge in [0.25, 0.3) is 0 Å². The molecular formula is C14H21F2NO4. The molecule has 1 aliphatic heterocycles. The zero-order chi connectivity index (χ0) is 15.6. The van der Waals surface area contributed by atoms with Crippen LogP contribution in [0.5, 0.6) is 0 Å². The molecule has 1 heterocycles. The Labute approximate surface area is 121 Å². The van der Waals surface area contributed by atoms with Gasteiger partial charge in [0.1, 0.15) is 0 Å². The summed E-state index contributed by atoms with van der Waals surface area (Å²) < 4.78 is 26.3. The number of hydrogen-bond donors (Lipinski definition) is 2. The van der Waals surface area contributed by atoms with Crippen molar-refractivity contribution < 1.29 is 28.6 Å². The first-order chi connectivity index (χ1) is 9.78. The van der Waals surface area contributed by atoms with E-state index in [1.165, 1.54) is 4.90 Å². The molecule has 2 unspecified atom stereocenters. The lowest BCUT2D eigenvalue weighted by molar-refractivity contribution is -0.144. The van der Waals surface area contributed by atoms with Crippen LogP contribution in [0.2, 0.25) is 0 Å². The summed E-state index contributed by atoms with van der Waals surface area (Å²) in [6.07, 6.45) is 0.509. The predicted molar refractivity (Wildman–Crippen MR) is 70.4 cm³/mol. The molecule has 2 N–H and O–H groups in total. The van der Waals surface area contributed by atoms with Gasteiger partial charge in [-0.25, -0.2) is 13.6 Å². The lowest BCUT2D eigenvalue weighted by Gasteiger charge is -2.39. The zero-order valence-electron chi connectivity index (χ0n) is 11.8. The first-order valence-electron chi connectivity index (χ1n) is 7.38. The maximum Gasteiger partial charge on any atom is 0.407 e. The van der Waals surface area contributed by atoms with Gasteiger partial charge in [0.05, 0.1) is 5.92 Å². The van der Waals surface area contributed by atoms with E-state index >= 15 is 0 Å². The highest BCUT2D eigenvalue weighted by molar-refractivity contribution is 5.71. The van der Waals surface area contributed by atoms with Crippen molar-refractivity contribution in [2.75, 3.05) is 6.54 Å². The number of alkyl halides is 2. The molecule has 2 aliphatic rings. The van der Waals surface area contributed by atoms with E-state index in [1.54, 1.807) is 0 Å². The second-order valence-electron chi connectivity index (χ2n) is 6.22. The molecule has 1 saturated carbocycles. The van der Waals surface area contributed by atoms with Crippen LogP contribution < -0.4 is 0 Å². The Morgan fingerprint density at radius 2 is 1.76 bits per heavy atom. The highest BCUT2D eigenvalue weighted by Gasteiger charge is 2.39. The Morgan fingerprint density at radius 3 is 2.29 bits per heavy atom. The summed E-state index contributed by atoms with van der Waals surface area (Å²) in [5.74, 6) is -3.97. The Hall–Kier alpha value is -1.40. The number of carboxylic acid groups (broad SMARTS) is 2. The van der Waals surface area contributed by atoms with Crippen LogP contribution in [0.25, 0.3) is 0 Å². The molecule has 2 atom stereocenters. The van der Waals surface area contributed by atoms with Crippen LogP contribution in [0, 0.1) is 11.8 Å². The van der Waals surface area contributed by atoms with E-state index < -0.39 is 23.9 Å². The normalized spacial score (nSPS) is 30.1. The number of carbonyl (C=O) groups is 2. The van der Waals surface area contributed by atoms with E-state index in [2.05, 4.69) is 0 Å². The molecule has 0 aromatic heterocycles. The molecule has 5 nitrogen and oxygen atoms in total. The van der Waals surface area contributed by atoms with E-state index in [9.17, 15) is 23.5 Å². The number of rotatable bonds is 3. The second-order valence-corrected chi connectivity index (χ2v) is 6.22. The van der Waals surface area contributed by atoms with Crippen molar-refractivity contribution in [3.63, 3.8) is 0 Å². The summed E-state index contributed by atoms with van der Waals surface area (Å²) in [7, 11) is 0. The summed E-state index contributed by atoms with van der Waals surface area (Å²) in [4.78, 5) is 23.6. The third kappa shape index (κ3) is 4.04. The van der Waals surface area contributed by atoms with Crippen LogP contribution in [0.3, 0.4) is 0 Å². The summed E-state index contributed by atoms with van der Waals surface area (Å²) in [5.41, 5.74) is 0. The van der Waals surface area contributed by atoms with Gasteiger partial charge in [-0.15, -0.1) is 0 Å². The minimum atomic E-state index is -2.60. The molecule has 1 amide bonds. The number of carboxylic acids is 1. The summed E-state index contributed by atoms with van der Waals surface area (Å²) in [5, 5.41) is 18.3. The van der Waals surface area contributed by atoms with Gasteiger partial charge in [0, 0.05) is 25.4 Å². The van der Waals surface area contributed by atoms with E-state index in [4.69, 9.17) is 5.11 Å². The average molecular weight is 305 g/mol. The number of piperidine rings is 1. The van der Waals surface area contributed by atoms with E-state index in [-0.39, 0.29) is 37.8 Å². The molecule has 1 aliphatic carbocycles. The summed E-state index contributed by atoms with van der Waals surface area (Å²) in [6, 6.07) is -0.367. The Bertz CT molecular complexity index is 406. The van der Waals surface area contributed by atoms with Gasteiger partial charge in [-0.1, -0.05) is 0 Å². The maximum absolute atomic E-state index is 13.1. The van der Waals surface area contributed by atoms with E-state index in [0.717, 1.165) is 0 Å². The third-order valence-corrected chi connectivity index (χ3v) is 4.75. The number of aliphatic carboxylic acids is 1. The lowest BCUT2D eigenvalue weighted by Crippen LogP contribution is -2.48. The van der Waals surface area contributed by atoms with Crippen molar-refractivity contribution in [2.45, 2.75) is 56.9 Å². The highest BCUT2D eigenvalue weighted by atomic mass is 19.3. The van der Waals surface area contributed by atoms with E-state index in [0.29, 0.717) is 25.7 Å². The van der Waals surface area contributed by atoms with Gasteiger partial charge in [-0.2, -0.15) is 0 Å². The minimum absolute atomic E-state index is 0.0593. The number of amides is 1. The monoisotopic (exact) mass is 305 g/mol. The Morgan fingerprint density at radius 1 is 1.14 bits per heavy atom. The quantitative estimate of drug-likeness (QED) is 0.840. The van der Waals surface area contributed by atoms with Crippen LogP contribution in [0.4, 0.5) is 13.6 Å².